The standard InChI is InChI=1S/C36H45Si.3ClH.Ti/c1-25(2)28-13-10-16-32(21-28)37(33-17-11-14-29(22-33)26(3)4,34-18-12-15-30(23-34)27(5)6)35-20-19-31(24-35)36(7,8)9;;;;/h10-27H,1-9H3;3*1H;/q;;;;+3/p-3. The second kappa shape index (κ2) is 14.6. The van der Waals surface area contributed by atoms with Crippen molar-refractivity contribution < 1.29 is 57.7 Å². The van der Waals surface area contributed by atoms with Crippen LogP contribution >= 0.6 is 0 Å². The molecule has 0 spiro atoms. The van der Waals surface area contributed by atoms with Gasteiger partial charge >= 0.3 is 246 Å². The van der Waals surface area contributed by atoms with Crippen molar-refractivity contribution in [3.05, 3.63) is 113 Å². The Bertz CT molecular complexity index is 1240. The fourth-order valence-corrected chi connectivity index (χ4v) is 13.6. The molecule has 4 rings (SSSR count). The number of halogens is 3. The van der Waals surface area contributed by atoms with Crippen LogP contribution in [0.4, 0.5) is 0 Å². The van der Waals surface area contributed by atoms with E-state index in [4.69, 9.17) is 0 Å². The fraction of sp³-hybridized carbons (Fsp3) is 0.389. The van der Waals surface area contributed by atoms with E-state index >= 15 is 0 Å². The smallest absolute Gasteiger partial charge is 1.00 e. The second-order valence-corrected chi connectivity index (χ2v) is 19.3. The summed E-state index contributed by atoms with van der Waals surface area (Å²) in [5.41, 5.74) is 5.81. The first-order chi connectivity index (χ1) is 17.8. The molecule has 1 unspecified atom stereocenters. The van der Waals surface area contributed by atoms with Gasteiger partial charge in [-0.05, 0) is 0 Å². The Morgan fingerprint density at radius 1 is 0.610 bits per heavy atom. The topological polar surface area (TPSA) is 0 Å². The Morgan fingerprint density at radius 3 is 1.22 bits per heavy atom. The largest absolute Gasteiger partial charge is 1.00 e. The van der Waals surface area contributed by atoms with E-state index in [1.165, 1.54) is 37.8 Å². The number of rotatable bonds is 7. The minimum Gasteiger partial charge on any atom is -1.00 e. The molecule has 218 valence electrons. The van der Waals surface area contributed by atoms with Crippen LogP contribution in [0.25, 0.3) is 0 Å². The normalized spacial score (nSPS) is 16.8. The van der Waals surface area contributed by atoms with Crippen molar-refractivity contribution in [1.29, 1.82) is 0 Å². The molecule has 0 N–H and O–H groups in total. The van der Waals surface area contributed by atoms with Gasteiger partial charge in [0.1, 0.15) is 0 Å². The van der Waals surface area contributed by atoms with Gasteiger partial charge in [-0.15, -0.1) is 0 Å². The number of allylic oxidation sites excluding steroid dienone is 4. The summed E-state index contributed by atoms with van der Waals surface area (Å²) in [5.74, 6) is 1.45. The van der Waals surface area contributed by atoms with Gasteiger partial charge in [0.15, 0.2) is 0 Å². The Kier molecular flexibility index (Phi) is 13.5. The maximum absolute atomic E-state index is 2.63. The molecule has 0 heterocycles. The average Bonchev–Trinajstić information content (AvgIpc) is 3.29. The minimum atomic E-state index is -2.63. The molecule has 3 aromatic rings. The predicted molar refractivity (Wildman–Crippen MR) is 166 cm³/mol. The maximum Gasteiger partial charge on any atom is -1.00 e. The van der Waals surface area contributed by atoms with Gasteiger partial charge in [-0.1, -0.05) is 0 Å². The van der Waals surface area contributed by atoms with E-state index in [9.17, 15) is 0 Å². The first-order valence-electron chi connectivity index (χ1n) is 14.3. The molecule has 1 aliphatic carbocycles. The van der Waals surface area contributed by atoms with Crippen LogP contribution in [0.2, 0.25) is 3.34 Å². The van der Waals surface area contributed by atoms with Crippen LogP contribution in [-0.2, 0) is 20.4 Å². The van der Waals surface area contributed by atoms with E-state index in [0.29, 0.717) is 17.8 Å². The van der Waals surface area contributed by atoms with Crippen LogP contribution in [-0.4, -0.2) is 8.07 Å². The van der Waals surface area contributed by atoms with Crippen molar-refractivity contribution in [3.63, 3.8) is 0 Å². The molecule has 0 aromatic heterocycles. The molecule has 0 amide bonds. The van der Waals surface area contributed by atoms with Gasteiger partial charge in [-0.25, -0.2) is 0 Å². The zero-order valence-electron chi connectivity index (χ0n) is 26.0. The minimum absolute atomic E-state index is 0. The third-order valence-corrected chi connectivity index (χ3v) is 15.7. The van der Waals surface area contributed by atoms with Gasteiger partial charge < -0.3 is 37.2 Å². The molecular formula is C36H45Cl3SiTi. The maximum atomic E-state index is 2.63. The third kappa shape index (κ3) is 7.37. The van der Waals surface area contributed by atoms with E-state index in [-0.39, 0.29) is 46.0 Å². The SMILES string of the molecule is CC(C)c1cccc([Si](c2cccc(C(C)C)c2)(c2cccc(C(C)C)c2)[C]2([Ti+3])C=CC(C(C)(C)C)=C2)c1.[Cl-].[Cl-].[Cl-]. The quantitative estimate of drug-likeness (QED) is 0.233. The summed E-state index contributed by atoms with van der Waals surface area (Å²) in [7, 11) is -2.63. The molecule has 0 bridgehead atoms. The van der Waals surface area contributed by atoms with E-state index in [2.05, 4.69) is 174 Å². The van der Waals surface area contributed by atoms with Gasteiger partial charge in [-0.3, -0.25) is 0 Å². The van der Waals surface area contributed by atoms with E-state index in [0.717, 1.165) is 0 Å². The molecule has 0 fully saturated rings. The van der Waals surface area contributed by atoms with Crippen molar-refractivity contribution in [1.82, 2.24) is 0 Å². The summed E-state index contributed by atoms with van der Waals surface area (Å²) in [6.07, 6.45) is 7.60. The molecule has 5 heteroatoms. The zero-order valence-corrected chi connectivity index (χ0v) is 30.9. The van der Waals surface area contributed by atoms with Gasteiger partial charge in [0.05, 0.1) is 0 Å². The molecule has 0 saturated carbocycles. The van der Waals surface area contributed by atoms with Crippen molar-refractivity contribution in [2.24, 2.45) is 5.41 Å². The molecule has 0 saturated heterocycles. The van der Waals surface area contributed by atoms with Crippen molar-refractivity contribution in [3.8, 4) is 0 Å². The summed E-state index contributed by atoms with van der Waals surface area (Å²) in [6.45, 7) is 20.9. The number of hydrogen-bond acceptors (Lipinski definition) is 0. The summed E-state index contributed by atoms with van der Waals surface area (Å²) < 4.78 is -0.115. The second-order valence-electron chi connectivity index (χ2n) is 13.1. The molecule has 0 nitrogen and oxygen atoms in total. The fourth-order valence-electron chi connectivity index (χ4n) is 5.87. The van der Waals surface area contributed by atoms with E-state index < -0.39 is 8.07 Å². The van der Waals surface area contributed by atoms with Crippen molar-refractivity contribution in [2.75, 3.05) is 0 Å². The summed E-state index contributed by atoms with van der Waals surface area (Å²) >= 11 is 2.51. The zero-order chi connectivity index (χ0) is 27.9. The van der Waals surface area contributed by atoms with Crippen molar-refractivity contribution in [2.45, 2.75) is 83.4 Å². The Balaban J connectivity index is 0.00000280. The van der Waals surface area contributed by atoms with Crippen LogP contribution in [0.15, 0.2) is 96.6 Å². The average molecular weight is 660 g/mol. The number of benzene rings is 3. The van der Waals surface area contributed by atoms with Gasteiger partial charge in [0.2, 0.25) is 0 Å². The van der Waals surface area contributed by atoms with Crippen LogP contribution in [0, 0.1) is 5.41 Å². The Hall–Kier alpha value is -1.06. The van der Waals surface area contributed by atoms with Crippen LogP contribution in [0.1, 0.15) is 96.8 Å². The molecule has 3 aromatic carbocycles. The molecule has 1 atom stereocenters. The summed E-state index contributed by atoms with van der Waals surface area (Å²) in [5, 5.41) is 4.51. The third-order valence-electron chi connectivity index (χ3n) is 8.35. The van der Waals surface area contributed by atoms with Gasteiger partial charge in [-0.2, -0.15) is 0 Å². The van der Waals surface area contributed by atoms with Crippen molar-refractivity contribution >= 4 is 23.6 Å². The summed E-state index contributed by atoms with van der Waals surface area (Å²) in [6, 6.07) is 28.8. The Morgan fingerprint density at radius 2 is 0.951 bits per heavy atom. The van der Waals surface area contributed by atoms with Gasteiger partial charge in [0.25, 0.3) is 0 Å². The Labute approximate surface area is 281 Å². The predicted octanol–water partition coefficient (Wildman–Crippen LogP) is -0.674. The van der Waals surface area contributed by atoms with Crippen LogP contribution in [0.3, 0.4) is 0 Å². The summed E-state index contributed by atoms with van der Waals surface area (Å²) in [4.78, 5) is 0. The number of hydrogen-bond donors (Lipinski definition) is 0. The van der Waals surface area contributed by atoms with E-state index in [1.54, 1.807) is 0 Å². The molecule has 0 radical (unpaired) electrons. The molecule has 1 aliphatic rings. The van der Waals surface area contributed by atoms with Crippen LogP contribution in [0.5, 0.6) is 0 Å². The molecule has 41 heavy (non-hydrogen) atoms. The molecular weight excluding hydrogens is 615 g/mol. The first kappa shape index (κ1) is 38.0. The van der Waals surface area contributed by atoms with Crippen LogP contribution < -0.4 is 52.8 Å². The molecule has 0 aliphatic heterocycles. The monoisotopic (exact) mass is 658 g/mol. The van der Waals surface area contributed by atoms with E-state index in [1.807, 2.05) is 0 Å². The first-order valence-corrected chi connectivity index (χ1v) is 17.1. The van der Waals surface area contributed by atoms with Gasteiger partial charge in [0, 0.05) is 0 Å².